The highest BCUT2D eigenvalue weighted by molar-refractivity contribution is 5.78. The molecule has 0 aliphatic carbocycles. The molecule has 6 heteroatoms. The zero-order valence-corrected chi connectivity index (χ0v) is 19.5. The number of benzene rings is 2. The third-order valence-electron chi connectivity index (χ3n) is 5.52. The van der Waals surface area contributed by atoms with Gasteiger partial charge < -0.3 is 19.9 Å². The molecule has 1 aromatic heterocycles. The van der Waals surface area contributed by atoms with Crippen molar-refractivity contribution in [2.24, 2.45) is 0 Å². The molecule has 3 aromatic rings. The molecule has 4 rings (SSSR count). The van der Waals surface area contributed by atoms with Gasteiger partial charge in [-0.25, -0.2) is 4.79 Å². The molecule has 0 radical (unpaired) electrons. The number of hydrogen-bond acceptors (Lipinski definition) is 6. The lowest BCUT2D eigenvalue weighted by Crippen LogP contribution is -2.39. The average Bonchev–Trinajstić information content (AvgIpc) is 2.85. The molecule has 0 saturated carbocycles. The lowest BCUT2D eigenvalue weighted by molar-refractivity contribution is -0.156. The van der Waals surface area contributed by atoms with Gasteiger partial charge in [-0.05, 0) is 80.6 Å². The Morgan fingerprint density at radius 1 is 1.09 bits per heavy atom. The summed E-state index contributed by atoms with van der Waals surface area (Å²) >= 11 is 0. The van der Waals surface area contributed by atoms with Crippen LogP contribution in [0.4, 0.5) is 0 Å². The topological polar surface area (TPSA) is 80.7 Å². The van der Waals surface area contributed by atoms with E-state index in [4.69, 9.17) is 9.47 Å². The Hall–Kier alpha value is -3.38. The summed E-state index contributed by atoms with van der Waals surface area (Å²) < 4.78 is 10.6. The van der Waals surface area contributed by atoms with Gasteiger partial charge in [-0.2, -0.15) is 0 Å². The first-order valence-corrected chi connectivity index (χ1v) is 11.2. The summed E-state index contributed by atoms with van der Waals surface area (Å²) in [6.45, 7) is 5.53. The molecule has 1 aliphatic heterocycles. The maximum atomic E-state index is 11.7. The third-order valence-corrected chi connectivity index (χ3v) is 5.52. The fourth-order valence-corrected chi connectivity index (χ4v) is 3.77. The van der Waals surface area contributed by atoms with Crippen LogP contribution < -0.4 is 10.1 Å². The average molecular weight is 449 g/mol. The number of carbonyl (C=O) groups excluding carboxylic acids is 1. The van der Waals surface area contributed by atoms with Crippen LogP contribution in [0.2, 0.25) is 0 Å². The predicted octanol–water partition coefficient (Wildman–Crippen LogP) is 4.94. The van der Waals surface area contributed by atoms with Crippen molar-refractivity contribution in [3.05, 3.63) is 78.6 Å². The van der Waals surface area contributed by atoms with E-state index in [2.05, 4.69) is 16.4 Å². The van der Waals surface area contributed by atoms with Gasteiger partial charge in [0.2, 0.25) is 0 Å². The van der Waals surface area contributed by atoms with Gasteiger partial charge in [0.05, 0.1) is 7.11 Å². The van der Waals surface area contributed by atoms with Gasteiger partial charge in [0.15, 0.2) is 5.60 Å². The Bertz CT molecular complexity index is 1030. The molecular weight excluding hydrogens is 416 g/mol. The lowest BCUT2D eigenvalue weighted by Gasteiger charge is -2.26. The van der Waals surface area contributed by atoms with Crippen molar-refractivity contribution < 1.29 is 19.4 Å². The molecule has 174 valence electrons. The van der Waals surface area contributed by atoms with E-state index < -0.39 is 5.60 Å². The van der Waals surface area contributed by atoms with E-state index in [0.717, 1.165) is 24.2 Å². The quantitative estimate of drug-likeness (QED) is 0.538. The number of carbonyl (C=O) groups is 1. The van der Waals surface area contributed by atoms with E-state index in [1.165, 1.54) is 25.5 Å². The van der Waals surface area contributed by atoms with Crippen LogP contribution in [0.1, 0.15) is 38.2 Å². The molecule has 1 saturated heterocycles. The van der Waals surface area contributed by atoms with Crippen LogP contribution in [0.3, 0.4) is 0 Å². The number of esters is 1. The maximum Gasteiger partial charge on any atom is 0.349 e. The van der Waals surface area contributed by atoms with Crippen molar-refractivity contribution in [1.82, 2.24) is 10.3 Å². The maximum absolute atomic E-state index is 11.7. The van der Waals surface area contributed by atoms with Gasteiger partial charge in [-0.15, -0.1) is 0 Å². The number of phenolic OH excluding ortho intramolecular Hbond substituents is 1. The first-order valence-electron chi connectivity index (χ1n) is 11.2. The third kappa shape index (κ3) is 7.05. The summed E-state index contributed by atoms with van der Waals surface area (Å²) in [5.41, 5.74) is 2.28. The van der Waals surface area contributed by atoms with E-state index in [1.807, 2.05) is 42.5 Å². The van der Waals surface area contributed by atoms with E-state index >= 15 is 0 Å². The lowest BCUT2D eigenvalue weighted by atomic mass is 9.91. The first kappa shape index (κ1) is 24.3. The summed E-state index contributed by atoms with van der Waals surface area (Å²) in [5.74, 6) is 1.14. The Morgan fingerprint density at radius 2 is 1.88 bits per heavy atom. The van der Waals surface area contributed by atoms with Crippen molar-refractivity contribution >= 4 is 5.97 Å². The van der Waals surface area contributed by atoms with Crippen molar-refractivity contribution in [2.75, 3.05) is 20.2 Å². The van der Waals surface area contributed by atoms with Crippen LogP contribution in [0.5, 0.6) is 11.5 Å². The molecule has 1 fully saturated rings. The molecule has 6 nitrogen and oxygen atoms in total. The number of methoxy groups -OCH3 is 1. The summed E-state index contributed by atoms with van der Waals surface area (Å²) in [5, 5.41) is 12.7. The number of aromatic hydroxyl groups is 1. The molecule has 0 unspecified atom stereocenters. The number of rotatable bonds is 5. The number of piperidine rings is 1. The highest BCUT2D eigenvalue weighted by Crippen LogP contribution is 2.28. The normalized spacial score (nSPS) is 15.7. The number of pyridine rings is 1. The SMILES string of the molecule is COC(=O)C(C)(C)Oc1cccc([C@@H]2CCCNC2)c1.Oc1cccc(-c2cccnc2)c1. The molecule has 1 aliphatic rings. The van der Waals surface area contributed by atoms with E-state index in [9.17, 15) is 9.90 Å². The van der Waals surface area contributed by atoms with E-state index in [0.29, 0.717) is 11.7 Å². The van der Waals surface area contributed by atoms with Crippen molar-refractivity contribution in [2.45, 2.75) is 38.2 Å². The van der Waals surface area contributed by atoms with Crippen LogP contribution in [-0.2, 0) is 9.53 Å². The molecule has 0 bridgehead atoms. The fourth-order valence-electron chi connectivity index (χ4n) is 3.77. The van der Waals surface area contributed by atoms with Gasteiger partial charge in [-0.1, -0.05) is 30.3 Å². The molecule has 0 amide bonds. The molecule has 2 aromatic carbocycles. The van der Waals surface area contributed by atoms with Crippen molar-refractivity contribution in [1.29, 1.82) is 0 Å². The van der Waals surface area contributed by atoms with Crippen LogP contribution >= 0.6 is 0 Å². The van der Waals surface area contributed by atoms with Crippen LogP contribution in [0.25, 0.3) is 11.1 Å². The van der Waals surface area contributed by atoms with Crippen LogP contribution in [-0.4, -0.2) is 41.9 Å². The Balaban J connectivity index is 0.000000203. The largest absolute Gasteiger partial charge is 0.508 e. The minimum absolute atomic E-state index is 0.279. The molecule has 2 N–H and O–H groups in total. The number of nitrogens with zero attached hydrogens (tertiary/aromatic N) is 1. The summed E-state index contributed by atoms with van der Waals surface area (Å²) in [4.78, 5) is 15.7. The molecule has 33 heavy (non-hydrogen) atoms. The predicted molar refractivity (Wildman–Crippen MR) is 129 cm³/mol. The highest BCUT2D eigenvalue weighted by atomic mass is 16.6. The summed E-state index contributed by atoms with van der Waals surface area (Å²) in [6, 6.07) is 19.0. The number of phenols is 1. The molecule has 2 heterocycles. The number of nitrogens with one attached hydrogen (secondary N) is 1. The van der Waals surface area contributed by atoms with Crippen molar-refractivity contribution in [3.63, 3.8) is 0 Å². The molecule has 1 atom stereocenters. The summed E-state index contributed by atoms with van der Waals surface area (Å²) in [6.07, 6.45) is 5.89. The van der Waals surface area contributed by atoms with Gasteiger partial charge in [0.25, 0.3) is 0 Å². The van der Waals surface area contributed by atoms with Gasteiger partial charge in [-0.3, -0.25) is 4.98 Å². The minimum Gasteiger partial charge on any atom is -0.508 e. The zero-order chi connectivity index (χ0) is 23.7. The zero-order valence-electron chi connectivity index (χ0n) is 19.5. The van der Waals surface area contributed by atoms with Crippen LogP contribution in [0, 0.1) is 0 Å². The second-order valence-corrected chi connectivity index (χ2v) is 8.51. The minimum atomic E-state index is -0.974. The van der Waals surface area contributed by atoms with Gasteiger partial charge >= 0.3 is 5.97 Å². The first-order chi connectivity index (χ1) is 15.9. The highest BCUT2D eigenvalue weighted by Gasteiger charge is 2.31. The second kappa shape index (κ2) is 11.5. The van der Waals surface area contributed by atoms with Crippen molar-refractivity contribution in [3.8, 4) is 22.6 Å². The number of ether oxygens (including phenoxy) is 2. The van der Waals surface area contributed by atoms with Gasteiger partial charge in [0.1, 0.15) is 11.5 Å². The van der Waals surface area contributed by atoms with E-state index in [1.54, 1.807) is 38.4 Å². The smallest absolute Gasteiger partial charge is 0.349 e. The fraction of sp³-hybridized carbons (Fsp3) is 0.333. The van der Waals surface area contributed by atoms with E-state index in [-0.39, 0.29) is 11.7 Å². The number of hydrogen-bond donors (Lipinski definition) is 2. The molecule has 0 spiro atoms. The summed E-state index contributed by atoms with van der Waals surface area (Å²) in [7, 11) is 1.37. The number of aromatic nitrogens is 1. The Morgan fingerprint density at radius 3 is 2.55 bits per heavy atom. The van der Waals surface area contributed by atoms with Crippen LogP contribution in [0.15, 0.2) is 73.1 Å². The van der Waals surface area contributed by atoms with Gasteiger partial charge in [0, 0.05) is 24.5 Å². The standard InChI is InChI=1S/C16H23NO3.C11H9NO/c1-16(2,15(18)19-3)20-14-8-4-6-12(10-14)13-7-5-9-17-11-13;13-11-5-1-3-9(7-11)10-4-2-6-12-8-10/h4,6,8,10,13,17H,5,7,9,11H2,1-3H3;1-8,13H/t13-;/m1./s1. The Labute approximate surface area is 195 Å². The Kier molecular flexibility index (Phi) is 8.44. The molecular formula is C27H32N2O4. The second-order valence-electron chi connectivity index (χ2n) is 8.51. The monoisotopic (exact) mass is 448 g/mol.